The summed E-state index contributed by atoms with van der Waals surface area (Å²) in [6.07, 6.45) is 1.75. The normalized spacial score (nSPS) is 12.7. The lowest BCUT2D eigenvalue weighted by atomic mass is 9.82. The third-order valence-corrected chi connectivity index (χ3v) is 6.28. The van der Waals surface area contributed by atoms with Crippen molar-refractivity contribution in [3.63, 3.8) is 0 Å². The molecule has 2 aromatic rings. The first-order valence-electron chi connectivity index (χ1n) is 9.43. The van der Waals surface area contributed by atoms with E-state index in [2.05, 4.69) is 41.5 Å². The van der Waals surface area contributed by atoms with Gasteiger partial charge >= 0.3 is 7.82 Å². The number of rotatable bonds is 8. The largest absolute Gasteiger partial charge is 0.584 e. The SMILES string of the molecule is CCC(C)(C)c1ccccc1OP(=O)(O)Oc1ccccc1C(C)(C)CC. The molecule has 0 saturated heterocycles. The van der Waals surface area contributed by atoms with E-state index < -0.39 is 7.82 Å². The number of hydrogen-bond donors (Lipinski definition) is 1. The molecule has 0 radical (unpaired) electrons. The van der Waals surface area contributed by atoms with Crippen LogP contribution < -0.4 is 9.05 Å². The molecule has 5 heteroatoms. The Morgan fingerprint density at radius 3 is 1.44 bits per heavy atom. The molecular weight excluding hydrogens is 359 g/mol. The minimum absolute atomic E-state index is 0.182. The van der Waals surface area contributed by atoms with Gasteiger partial charge in [0.05, 0.1) is 0 Å². The maximum absolute atomic E-state index is 12.8. The summed E-state index contributed by atoms with van der Waals surface area (Å²) in [5, 5.41) is 0. The van der Waals surface area contributed by atoms with Gasteiger partial charge in [-0.25, -0.2) is 4.57 Å². The number of benzene rings is 2. The van der Waals surface area contributed by atoms with Crippen LogP contribution in [0.2, 0.25) is 0 Å². The van der Waals surface area contributed by atoms with Crippen LogP contribution in [0.25, 0.3) is 0 Å². The fourth-order valence-corrected chi connectivity index (χ4v) is 3.71. The van der Waals surface area contributed by atoms with Crippen molar-refractivity contribution in [1.29, 1.82) is 0 Å². The van der Waals surface area contributed by atoms with Crippen molar-refractivity contribution in [3.8, 4) is 11.5 Å². The lowest BCUT2D eigenvalue weighted by Crippen LogP contribution is -2.18. The quantitative estimate of drug-likeness (QED) is 0.515. The minimum Gasteiger partial charge on any atom is -0.395 e. The Balaban J connectivity index is 2.35. The molecule has 0 aliphatic carbocycles. The topological polar surface area (TPSA) is 55.8 Å². The van der Waals surface area contributed by atoms with Gasteiger partial charge in [-0.15, -0.1) is 0 Å². The van der Waals surface area contributed by atoms with Gasteiger partial charge in [-0.1, -0.05) is 77.9 Å². The first-order chi connectivity index (χ1) is 12.5. The maximum Gasteiger partial charge on any atom is 0.584 e. The van der Waals surface area contributed by atoms with Crippen LogP contribution in [0.3, 0.4) is 0 Å². The molecule has 148 valence electrons. The summed E-state index contributed by atoms with van der Waals surface area (Å²) in [7, 11) is -4.35. The Morgan fingerprint density at radius 2 is 1.11 bits per heavy atom. The highest BCUT2D eigenvalue weighted by atomic mass is 31.2. The van der Waals surface area contributed by atoms with Crippen LogP contribution in [0.15, 0.2) is 48.5 Å². The van der Waals surface area contributed by atoms with Crippen molar-refractivity contribution in [1.82, 2.24) is 0 Å². The lowest BCUT2D eigenvalue weighted by Gasteiger charge is -2.28. The van der Waals surface area contributed by atoms with Crippen molar-refractivity contribution in [3.05, 3.63) is 59.7 Å². The Morgan fingerprint density at radius 1 is 0.778 bits per heavy atom. The molecule has 27 heavy (non-hydrogen) atoms. The Kier molecular flexibility index (Phi) is 6.44. The molecule has 2 rings (SSSR count). The van der Waals surface area contributed by atoms with Gasteiger partial charge in [0, 0.05) is 11.1 Å². The fraction of sp³-hybridized carbons (Fsp3) is 0.455. The summed E-state index contributed by atoms with van der Waals surface area (Å²) in [6.45, 7) is 12.5. The Labute approximate surface area is 163 Å². The molecule has 0 atom stereocenters. The highest BCUT2D eigenvalue weighted by molar-refractivity contribution is 7.48. The van der Waals surface area contributed by atoms with E-state index in [1.807, 2.05) is 24.3 Å². The molecule has 0 bridgehead atoms. The molecule has 0 heterocycles. The summed E-state index contributed by atoms with van der Waals surface area (Å²) in [4.78, 5) is 10.5. The summed E-state index contributed by atoms with van der Waals surface area (Å²) in [5.41, 5.74) is 1.40. The molecule has 0 fully saturated rings. The first-order valence-corrected chi connectivity index (χ1v) is 10.9. The van der Waals surface area contributed by atoms with Gasteiger partial charge in [0.25, 0.3) is 0 Å². The van der Waals surface area contributed by atoms with E-state index in [1.165, 1.54) is 0 Å². The third-order valence-electron chi connectivity index (χ3n) is 5.43. The van der Waals surface area contributed by atoms with Gasteiger partial charge in [0.2, 0.25) is 0 Å². The second-order valence-corrected chi connectivity index (χ2v) is 9.42. The number of phosphoric ester groups is 1. The average Bonchev–Trinajstić information content (AvgIpc) is 2.61. The summed E-state index contributed by atoms with van der Waals surface area (Å²) >= 11 is 0. The van der Waals surface area contributed by atoms with Gasteiger partial charge in [-0.05, 0) is 35.8 Å². The number of hydrogen-bond acceptors (Lipinski definition) is 3. The van der Waals surface area contributed by atoms with E-state index in [0.29, 0.717) is 11.5 Å². The van der Waals surface area contributed by atoms with E-state index >= 15 is 0 Å². The van der Waals surface area contributed by atoms with E-state index in [9.17, 15) is 9.46 Å². The second-order valence-electron chi connectivity index (χ2n) is 8.12. The van der Waals surface area contributed by atoms with E-state index in [1.54, 1.807) is 24.3 Å². The zero-order valence-electron chi connectivity index (χ0n) is 17.2. The Hall–Kier alpha value is -1.77. The molecule has 0 aromatic heterocycles. The molecule has 1 N–H and O–H groups in total. The maximum atomic E-state index is 12.8. The van der Waals surface area contributed by atoms with E-state index in [4.69, 9.17) is 9.05 Å². The van der Waals surface area contributed by atoms with Crippen molar-refractivity contribution in [2.45, 2.75) is 65.2 Å². The summed E-state index contributed by atoms with van der Waals surface area (Å²) in [6, 6.07) is 14.7. The van der Waals surface area contributed by atoms with Gasteiger partial charge in [-0.2, -0.15) is 0 Å². The molecule has 0 aliphatic heterocycles. The van der Waals surface area contributed by atoms with E-state index in [0.717, 1.165) is 24.0 Å². The van der Waals surface area contributed by atoms with Gasteiger partial charge in [0.15, 0.2) is 0 Å². The standard InChI is InChI=1S/C22H31O4P/c1-7-21(3,4)17-13-9-11-15-19(17)25-27(23,24)26-20-16-12-10-14-18(20)22(5,6)8-2/h9-16H,7-8H2,1-6H3,(H,23,24). The minimum atomic E-state index is -4.35. The van der Waals surface area contributed by atoms with E-state index in [-0.39, 0.29) is 10.8 Å². The van der Waals surface area contributed by atoms with Crippen LogP contribution >= 0.6 is 7.82 Å². The van der Waals surface area contributed by atoms with Crippen molar-refractivity contribution in [2.24, 2.45) is 0 Å². The predicted octanol–water partition coefficient (Wildman–Crippen LogP) is 6.62. The molecular formula is C22H31O4P. The molecule has 4 nitrogen and oxygen atoms in total. The zero-order valence-corrected chi connectivity index (χ0v) is 18.0. The molecule has 0 spiro atoms. The fourth-order valence-electron chi connectivity index (χ4n) is 2.86. The monoisotopic (exact) mass is 390 g/mol. The lowest BCUT2D eigenvalue weighted by molar-refractivity contribution is 0.284. The van der Waals surface area contributed by atoms with Crippen molar-refractivity contribution < 1.29 is 18.5 Å². The van der Waals surface area contributed by atoms with Gasteiger partial charge in [0.1, 0.15) is 11.5 Å². The number of para-hydroxylation sites is 2. The molecule has 0 aliphatic rings. The molecule has 0 unspecified atom stereocenters. The second kappa shape index (κ2) is 8.08. The van der Waals surface area contributed by atoms with Crippen molar-refractivity contribution in [2.75, 3.05) is 0 Å². The smallest absolute Gasteiger partial charge is 0.395 e. The average molecular weight is 390 g/mol. The van der Waals surface area contributed by atoms with Crippen molar-refractivity contribution >= 4 is 7.82 Å². The highest BCUT2D eigenvalue weighted by Crippen LogP contribution is 2.49. The van der Waals surface area contributed by atoms with Crippen LogP contribution in [-0.2, 0) is 15.4 Å². The third kappa shape index (κ3) is 5.15. The number of phosphoric acid groups is 1. The highest BCUT2D eigenvalue weighted by Gasteiger charge is 2.32. The van der Waals surface area contributed by atoms with Crippen LogP contribution in [0.4, 0.5) is 0 Å². The van der Waals surface area contributed by atoms with Crippen LogP contribution in [-0.4, -0.2) is 4.89 Å². The predicted molar refractivity (Wildman–Crippen MR) is 111 cm³/mol. The Bertz CT molecular complexity index is 761. The van der Waals surface area contributed by atoms with Gasteiger partial charge < -0.3 is 9.05 Å². The zero-order chi connectivity index (χ0) is 20.3. The van der Waals surface area contributed by atoms with Crippen LogP contribution in [0.5, 0.6) is 11.5 Å². The molecule has 0 amide bonds. The summed E-state index contributed by atoms with van der Waals surface area (Å²) in [5.74, 6) is 0.754. The molecule has 0 saturated carbocycles. The van der Waals surface area contributed by atoms with Gasteiger partial charge in [-0.3, -0.25) is 4.89 Å². The van der Waals surface area contributed by atoms with Crippen LogP contribution in [0, 0.1) is 0 Å². The summed E-state index contributed by atoms with van der Waals surface area (Å²) < 4.78 is 23.8. The van der Waals surface area contributed by atoms with Crippen LogP contribution in [0.1, 0.15) is 65.5 Å². The first kappa shape index (κ1) is 21.5. The molecule has 2 aromatic carbocycles.